The second-order valence-electron chi connectivity index (χ2n) is 4.58. The fourth-order valence-corrected chi connectivity index (χ4v) is 2.50. The molecule has 94 valence electrons. The topological polar surface area (TPSA) is 42.7 Å². The highest BCUT2D eigenvalue weighted by Gasteiger charge is 2.22. The van der Waals surface area contributed by atoms with Crippen molar-refractivity contribution in [1.82, 2.24) is 0 Å². The van der Waals surface area contributed by atoms with Gasteiger partial charge in [-0.25, -0.2) is 0 Å². The Bertz CT molecular complexity index is 660. The molecule has 0 saturated carbocycles. The predicted molar refractivity (Wildman–Crippen MR) is 70.6 cm³/mol. The molecule has 0 radical (unpaired) electrons. The number of hydrogen-bond donors (Lipinski definition) is 0. The second-order valence-corrected chi connectivity index (χ2v) is 4.58. The highest BCUT2D eigenvalue weighted by atomic mass is 16.5. The van der Waals surface area contributed by atoms with Gasteiger partial charge in [-0.1, -0.05) is 6.07 Å². The Morgan fingerprint density at radius 2 is 2.22 bits per heavy atom. The number of fused-ring (bicyclic) bond motifs is 2. The molecule has 1 aromatic carbocycles. The fourth-order valence-electron chi connectivity index (χ4n) is 2.50. The lowest BCUT2D eigenvalue weighted by Gasteiger charge is -2.25. The van der Waals surface area contributed by atoms with Gasteiger partial charge in [-0.2, -0.15) is 0 Å². The van der Waals surface area contributed by atoms with Gasteiger partial charge in [-0.05, 0) is 25.0 Å². The van der Waals surface area contributed by atoms with Crippen molar-refractivity contribution in [3.05, 3.63) is 34.0 Å². The number of benzene rings is 1. The van der Waals surface area contributed by atoms with E-state index in [2.05, 4.69) is 0 Å². The van der Waals surface area contributed by atoms with Crippen molar-refractivity contribution in [2.24, 2.45) is 0 Å². The Hall–Kier alpha value is -1.97. The van der Waals surface area contributed by atoms with Crippen molar-refractivity contribution < 1.29 is 9.15 Å². The first-order valence-corrected chi connectivity index (χ1v) is 6.06. The van der Waals surface area contributed by atoms with Gasteiger partial charge in [0.25, 0.3) is 0 Å². The molecule has 4 nitrogen and oxygen atoms in total. The standard InChI is InChI=1S/C14H15NO3/c1-15-8-4-6-10-12(16)9-5-3-7-11(17-2)13(9)18-14(10)15/h3,5,7H,4,6,8H2,1-2H3. The van der Waals surface area contributed by atoms with Gasteiger partial charge in [-0.3, -0.25) is 4.79 Å². The molecule has 1 aromatic heterocycles. The van der Waals surface area contributed by atoms with E-state index in [1.807, 2.05) is 18.0 Å². The smallest absolute Gasteiger partial charge is 0.203 e. The summed E-state index contributed by atoms with van der Waals surface area (Å²) in [4.78, 5) is 14.4. The Kier molecular flexibility index (Phi) is 2.51. The molecule has 3 rings (SSSR count). The zero-order valence-corrected chi connectivity index (χ0v) is 10.5. The highest BCUT2D eigenvalue weighted by Crippen LogP contribution is 2.31. The quantitative estimate of drug-likeness (QED) is 0.772. The number of rotatable bonds is 1. The number of para-hydroxylation sites is 1. The van der Waals surface area contributed by atoms with Crippen LogP contribution in [0.4, 0.5) is 5.88 Å². The molecule has 18 heavy (non-hydrogen) atoms. The molecule has 0 atom stereocenters. The number of anilines is 1. The molecule has 0 fully saturated rings. The summed E-state index contributed by atoms with van der Waals surface area (Å²) in [6.07, 6.45) is 1.78. The minimum atomic E-state index is 0.0664. The van der Waals surface area contributed by atoms with Crippen LogP contribution in [-0.4, -0.2) is 20.7 Å². The molecule has 1 aliphatic rings. The monoisotopic (exact) mass is 245 g/mol. The Morgan fingerprint density at radius 1 is 1.39 bits per heavy atom. The maximum atomic E-state index is 12.4. The van der Waals surface area contributed by atoms with Crippen molar-refractivity contribution in [1.29, 1.82) is 0 Å². The molecule has 4 heteroatoms. The molecule has 0 unspecified atom stereocenters. The van der Waals surface area contributed by atoms with Crippen molar-refractivity contribution in [3.8, 4) is 5.75 Å². The summed E-state index contributed by atoms with van der Waals surface area (Å²) in [6.45, 7) is 0.913. The minimum absolute atomic E-state index is 0.0664. The summed E-state index contributed by atoms with van der Waals surface area (Å²) in [5.74, 6) is 1.29. The average molecular weight is 245 g/mol. The van der Waals surface area contributed by atoms with Gasteiger partial charge in [0, 0.05) is 13.6 Å². The van der Waals surface area contributed by atoms with E-state index in [4.69, 9.17) is 9.15 Å². The van der Waals surface area contributed by atoms with Crippen LogP contribution < -0.4 is 15.1 Å². The van der Waals surface area contributed by atoms with E-state index in [1.165, 1.54) is 0 Å². The molecule has 0 bridgehead atoms. The number of methoxy groups -OCH3 is 1. The number of hydrogen-bond acceptors (Lipinski definition) is 4. The van der Waals surface area contributed by atoms with Gasteiger partial charge < -0.3 is 14.1 Å². The fraction of sp³-hybridized carbons (Fsp3) is 0.357. The van der Waals surface area contributed by atoms with Crippen molar-refractivity contribution in [3.63, 3.8) is 0 Å². The molecular weight excluding hydrogens is 230 g/mol. The maximum absolute atomic E-state index is 12.4. The summed E-state index contributed by atoms with van der Waals surface area (Å²) in [6, 6.07) is 5.41. The van der Waals surface area contributed by atoms with E-state index < -0.39 is 0 Å². The van der Waals surface area contributed by atoms with Crippen LogP contribution in [0, 0.1) is 0 Å². The van der Waals surface area contributed by atoms with E-state index in [1.54, 1.807) is 19.2 Å². The van der Waals surface area contributed by atoms with Crippen LogP contribution in [0.15, 0.2) is 27.4 Å². The third-order valence-corrected chi connectivity index (χ3v) is 3.44. The van der Waals surface area contributed by atoms with Crippen LogP contribution in [-0.2, 0) is 6.42 Å². The van der Waals surface area contributed by atoms with Crippen LogP contribution >= 0.6 is 0 Å². The Balaban J connectivity index is 2.40. The van der Waals surface area contributed by atoms with Gasteiger partial charge in [0.05, 0.1) is 18.1 Å². The lowest BCUT2D eigenvalue weighted by atomic mass is 10.0. The van der Waals surface area contributed by atoms with Gasteiger partial charge in [0.2, 0.25) is 5.88 Å². The molecule has 2 heterocycles. The molecular formula is C14H15NO3. The van der Waals surface area contributed by atoms with Crippen LogP contribution in [0.5, 0.6) is 5.75 Å². The van der Waals surface area contributed by atoms with Crippen molar-refractivity contribution >= 4 is 16.9 Å². The normalized spacial score (nSPS) is 14.7. The first-order valence-electron chi connectivity index (χ1n) is 6.06. The molecule has 1 aliphatic heterocycles. The molecule has 2 aromatic rings. The Morgan fingerprint density at radius 3 is 3.00 bits per heavy atom. The molecule has 0 aliphatic carbocycles. The van der Waals surface area contributed by atoms with E-state index in [0.29, 0.717) is 22.6 Å². The van der Waals surface area contributed by atoms with Crippen molar-refractivity contribution in [2.75, 3.05) is 25.6 Å². The summed E-state index contributed by atoms with van der Waals surface area (Å²) < 4.78 is 11.2. The SMILES string of the molecule is COc1cccc2c(=O)c3c(oc12)N(C)CCC3. The highest BCUT2D eigenvalue weighted by molar-refractivity contribution is 5.84. The van der Waals surface area contributed by atoms with Crippen LogP contribution in [0.3, 0.4) is 0 Å². The third-order valence-electron chi connectivity index (χ3n) is 3.44. The van der Waals surface area contributed by atoms with E-state index in [9.17, 15) is 4.79 Å². The van der Waals surface area contributed by atoms with E-state index in [-0.39, 0.29) is 5.43 Å². The van der Waals surface area contributed by atoms with E-state index in [0.717, 1.165) is 24.9 Å². The lowest BCUT2D eigenvalue weighted by Crippen LogP contribution is -2.28. The first kappa shape index (κ1) is 11.1. The largest absolute Gasteiger partial charge is 0.493 e. The number of nitrogens with zero attached hydrogens (tertiary/aromatic N) is 1. The zero-order chi connectivity index (χ0) is 12.7. The first-order chi connectivity index (χ1) is 8.72. The Labute approximate surface area is 105 Å². The summed E-state index contributed by atoms with van der Waals surface area (Å²) >= 11 is 0. The summed E-state index contributed by atoms with van der Waals surface area (Å²) in [7, 11) is 3.53. The van der Waals surface area contributed by atoms with Crippen LogP contribution in [0.25, 0.3) is 11.0 Å². The van der Waals surface area contributed by atoms with Crippen LogP contribution in [0.2, 0.25) is 0 Å². The zero-order valence-electron chi connectivity index (χ0n) is 10.5. The molecule has 0 spiro atoms. The summed E-state index contributed by atoms with van der Waals surface area (Å²) in [5, 5.41) is 0.600. The van der Waals surface area contributed by atoms with Gasteiger partial charge in [0.15, 0.2) is 16.8 Å². The predicted octanol–water partition coefficient (Wildman–Crippen LogP) is 2.18. The van der Waals surface area contributed by atoms with Gasteiger partial charge in [-0.15, -0.1) is 0 Å². The van der Waals surface area contributed by atoms with E-state index >= 15 is 0 Å². The average Bonchev–Trinajstić information content (AvgIpc) is 2.40. The number of ether oxygens (including phenoxy) is 1. The second kappa shape index (κ2) is 4.05. The van der Waals surface area contributed by atoms with Gasteiger partial charge in [0.1, 0.15) is 0 Å². The molecule has 0 N–H and O–H groups in total. The van der Waals surface area contributed by atoms with Crippen LogP contribution in [0.1, 0.15) is 12.0 Å². The minimum Gasteiger partial charge on any atom is -0.493 e. The maximum Gasteiger partial charge on any atom is 0.203 e. The molecule has 0 saturated heterocycles. The van der Waals surface area contributed by atoms with Crippen molar-refractivity contribution in [2.45, 2.75) is 12.8 Å². The third kappa shape index (κ3) is 1.49. The molecule has 0 amide bonds. The summed E-state index contributed by atoms with van der Waals surface area (Å²) in [5.41, 5.74) is 1.39. The van der Waals surface area contributed by atoms with Gasteiger partial charge >= 0.3 is 0 Å². The lowest BCUT2D eigenvalue weighted by molar-refractivity contribution is 0.408.